The van der Waals surface area contributed by atoms with Crippen LogP contribution in [0.2, 0.25) is 0 Å². The van der Waals surface area contributed by atoms with Gasteiger partial charge in [0.15, 0.2) is 0 Å². The molecule has 4 nitrogen and oxygen atoms in total. The van der Waals surface area contributed by atoms with E-state index in [4.69, 9.17) is 4.98 Å². The summed E-state index contributed by atoms with van der Waals surface area (Å²) in [5, 5.41) is 4.66. The molecule has 0 saturated carbocycles. The zero-order valence-corrected chi connectivity index (χ0v) is 12.5. The van der Waals surface area contributed by atoms with E-state index in [9.17, 15) is 0 Å². The first-order valence-corrected chi connectivity index (χ1v) is 7.32. The molecule has 0 amide bonds. The minimum atomic E-state index is 0.634. The molecule has 108 valence electrons. The molecule has 0 aliphatic carbocycles. The Morgan fingerprint density at radius 2 is 2.10 bits per heavy atom. The van der Waals surface area contributed by atoms with Gasteiger partial charge in [0.05, 0.1) is 5.52 Å². The molecule has 3 aromatic rings. The average molecular weight is 280 g/mol. The van der Waals surface area contributed by atoms with Crippen molar-refractivity contribution < 1.29 is 0 Å². The predicted octanol–water partition coefficient (Wildman–Crippen LogP) is 3.17. The number of fused-ring (bicyclic) bond motifs is 1. The Balaban J connectivity index is 2.00. The number of nitrogens with one attached hydrogen (secondary N) is 1. The van der Waals surface area contributed by atoms with Crippen molar-refractivity contribution in [3.8, 4) is 5.82 Å². The molecule has 0 unspecified atom stereocenters. The van der Waals surface area contributed by atoms with Gasteiger partial charge >= 0.3 is 0 Å². The van der Waals surface area contributed by atoms with Crippen LogP contribution in [0.1, 0.15) is 19.4 Å². The summed E-state index contributed by atoms with van der Waals surface area (Å²) in [6, 6.07) is 10.4. The third-order valence-corrected chi connectivity index (χ3v) is 3.40. The molecule has 0 saturated heterocycles. The molecular formula is C17H20N4. The number of rotatable bonds is 5. The first kappa shape index (κ1) is 13.8. The Hall–Kier alpha value is -2.20. The monoisotopic (exact) mass is 280 g/mol. The quantitative estimate of drug-likeness (QED) is 0.780. The van der Waals surface area contributed by atoms with Crippen molar-refractivity contribution in [1.29, 1.82) is 0 Å². The minimum absolute atomic E-state index is 0.634. The maximum absolute atomic E-state index is 4.80. The van der Waals surface area contributed by atoms with Crippen LogP contribution in [0.5, 0.6) is 0 Å². The number of benzene rings is 1. The van der Waals surface area contributed by atoms with E-state index in [0.717, 1.165) is 24.4 Å². The number of aromatic nitrogens is 3. The van der Waals surface area contributed by atoms with Gasteiger partial charge in [-0.1, -0.05) is 32.0 Å². The maximum atomic E-state index is 4.80. The van der Waals surface area contributed by atoms with Crippen LogP contribution in [0, 0.1) is 5.92 Å². The first-order valence-electron chi connectivity index (χ1n) is 7.32. The average Bonchev–Trinajstić information content (AvgIpc) is 3.00. The second-order valence-electron chi connectivity index (χ2n) is 5.66. The predicted molar refractivity (Wildman–Crippen MR) is 85.4 cm³/mol. The molecule has 0 atom stereocenters. The molecule has 1 N–H and O–H groups in total. The lowest BCUT2D eigenvalue weighted by Gasteiger charge is -2.13. The van der Waals surface area contributed by atoms with Crippen molar-refractivity contribution in [2.45, 2.75) is 20.4 Å². The highest BCUT2D eigenvalue weighted by Gasteiger charge is 2.08. The summed E-state index contributed by atoms with van der Waals surface area (Å²) >= 11 is 0. The van der Waals surface area contributed by atoms with Crippen molar-refractivity contribution in [1.82, 2.24) is 19.9 Å². The van der Waals surface area contributed by atoms with Gasteiger partial charge in [-0.15, -0.1) is 0 Å². The van der Waals surface area contributed by atoms with Crippen LogP contribution in [0.25, 0.3) is 16.7 Å². The van der Waals surface area contributed by atoms with Gasteiger partial charge in [0.2, 0.25) is 0 Å². The number of para-hydroxylation sites is 1. The molecule has 2 aromatic heterocycles. The Morgan fingerprint density at radius 1 is 1.24 bits per heavy atom. The zero-order chi connectivity index (χ0) is 14.7. The summed E-state index contributed by atoms with van der Waals surface area (Å²) < 4.78 is 1.97. The van der Waals surface area contributed by atoms with Crippen LogP contribution in [0.3, 0.4) is 0 Å². The fraction of sp³-hybridized carbons (Fsp3) is 0.294. The van der Waals surface area contributed by atoms with Crippen molar-refractivity contribution in [3.05, 3.63) is 54.6 Å². The summed E-state index contributed by atoms with van der Waals surface area (Å²) in [5.74, 6) is 1.58. The fourth-order valence-corrected chi connectivity index (χ4v) is 2.38. The van der Waals surface area contributed by atoms with Crippen LogP contribution < -0.4 is 5.32 Å². The molecule has 0 radical (unpaired) electrons. The van der Waals surface area contributed by atoms with E-state index < -0.39 is 0 Å². The summed E-state index contributed by atoms with van der Waals surface area (Å²) in [4.78, 5) is 8.93. The second-order valence-corrected chi connectivity index (χ2v) is 5.66. The van der Waals surface area contributed by atoms with Gasteiger partial charge in [0.1, 0.15) is 12.1 Å². The first-order chi connectivity index (χ1) is 10.2. The van der Waals surface area contributed by atoms with E-state index in [2.05, 4.69) is 36.3 Å². The standard InChI is InChI=1S/C17H20N4/c1-13(2)10-19-11-15-9-14-5-3-4-6-16(14)20-17(15)21-8-7-18-12-21/h3-9,12-13,19H,10-11H2,1-2H3. The van der Waals surface area contributed by atoms with Crippen LogP contribution in [0.4, 0.5) is 0 Å². The number of imidazole rings is 1. The molecule has 0 spiro atoms. The highest BCUT2D eigenvalue weighted by atomic mass is 15.1. The number of hydrogen-bond donors (Lipinski definition) is 1. The van der Waals surface area contributed by atoms with Gasteiger partial charge in [0.25, 0.3) is 0 Å². The van der Waals surface area contributed by atoms with Gasteiger partial charge < -0.3 is 5.32 Å². The summed E-state index contributed by atoms with van der Waals surface area (Å²) in [7, 11) is 0. The van der Waals surface area contributed by atoms with Crippen molar-refractivity contribution in [2.75, 3.05) is 6.54 Å². The minimum Gasteiger partial charge on any atom is -0.312 e. The molecule has 4 heteroatoms. The number of nitrogens with zero attached hydrogens (tertiary/aromatic N) is 3. The van der Waals surface area contributed by atoms with Crippen LogP contribution in [-0.2, 0) is 6.54 Å². The number of hydrogen-bond acceptors (Lipinski definition) is 3. The molecule has 0 aliphatic heterocycles. The lowest BCUT2D eigenvalue weighted by atomic mass is 10.1. The van der Waals surface area contributed by atoms with Gasteiger partial charge in [-0.3, -0.25) is 4.57 Å². The van der Waals surface area contributed by atoms with Crippen molar-refractivity contribution >= 4 is 10.9 Å². The highest BCUT2D eigenvalue weighted by Crippen LogP contribution is 2.19. The fourth-order valence-electron chi connectivity index (χ4n) is 2.38. The van der Waals surface area contributed by atoms with E-state index in [1.807, 2.05) is 29.0 Å². The topological polar surface area (TPSA) is 42.7 Å². The third kappa shape index (κ3) is 3.11. The van der Waals surface area contributed by atoms with Crippen LogP contribution >= 0.6 is 0 Å². The smallest absolute Gasteiger partial charge is 0.143 e. The summed E-state index contributed by atoms with van der Waals surface area (Å²) in [6.07, 6.45) is 5.51. The summed E-state index contributed by atoms with van der Waals surface area (Å²) in [6.45, 7) is 6.23. The maximum Gasteiger partial charge on any atom is 0.143 e. The lowest BCUT2D eigenvalue weighted by molar-refractivity contribution is 0.551. The van der Waals surface area contributed by atoms with Gasteiger partial charge in [-0.2, -0.15) is 0 Å². The second kappa shape index (κ2) is 6.06. The lowest BCUT2D eigenvalue weighted by Crippen LogP contribution is -2.20. The van der Waals surface area contributed by atoms with Crippen molar-refractivity contribution in [3.63, 3.8) is 0 Å². The Labute approximate surface area is 124 Å². The molecule has 3 rings (SSSR count). The Kier molecular flexibility index (Phi) is 3.97. The van der Waals surface area contributed by atoms with E-state index in [1.54, 1.807) is 12.5 Å². The van der Waals surface area contributed by atoms with E-state index in [1.165, 1.54) is 10.9 Å². The summed E-state index contributed by atoms with van der Waals surface area (Å²) in [5.41, 5.74) is 2.20. The molecule has 21 heavy (non-hydrogen) atoms. The Morgan fingerprint density at radius 3 is 2.86 bits per heavy atom. The SMILES string of the molecule is CC(C)CNCc1cc2ccccc2nc1-n1ccnc1. The highest BCUT2D eigenvalue weighted by molar-refractivity contribution is 5.80. The van der Waals surface area contributed by atoms with Crippen molar-refractivity contribution in [2.24, 2.45) is 5.92 Å². The van der Waals surface area contributed by atoms with Crippen LogP contribution in [-0.4, -0.2) is 21.1 Å². The number of pyridine rings is 1. The van der Waals surface area contributed by atoms with Gasteiger partial charge in [-0.05, 0) is 24.6 Å². The molecule has 0 aliphatic rings. The third-order valence-electron chi connectivity index (χ3n) is 3.40. The molecule has 0 bridgehead atoms. The Bertz CT molecular complexity index is 717. The largest absolute Gasteiger partial charge is 0.312 e. The molecule has 0 fully saturated rings. The van der Waals surface area contributed by atoms with Gasteiger partial charge in [-0.25, -0.2) is 9.97 Å². The molecule has 2 heterocycles. The van der Waals surface area contributed by atoms with E-state index in [0.29, 0.717) is 5.92 Å². The van der Waals surface area contributed by atoms with E-state index >= 15 is 0 Å². The normalized spacial score (nSPS) is 11.4. The van der Waals surface area contributed by atoms with E-state index in [-0.39, 0.29) is 0 Å². The molecular weight excluding hydrogens is 260 g/mol. The van der Waals surface area contributed by atoms with Gasteiger partial charge in [0, 0.05) is 29.9 Å². The van der Waals surface area contributed by atoms with Crippen LogP contribution in [0.15, 0.2) is 49.1 Å². The zero-order valence-electron chi connectivity index (χ0n) is 12.5. The molecule has 1 aromatic carbocycles.